The summed E-state index contributed by atoms with van der Waals surface area (Å²) in [4.78, 5) is 29.8. The molecule has 2 heterocycles. The molecular weight excluding hydrogens is 445 g/mol. The number of carbonyl (C=O) groups excluding carboxylic acids is 2. The summed E-state index contributed by atoms with van der Waals surface area (Å²) >= 11 is 0. The predicted octanol–water partition coefficient (Wildman–Crippen LogP) is 5.82. The molecule has 4 rings (SSSR count). The van der Waals surface area contributed by atoms with Gasteiger partial charge < -0.3 is 20.4 Å². The zero-order chi connectivity index (χ0) is 24.3. The summed E-state index contributed by atoms with van der Waals surface area (Å²) in [6, 6.07) is 8.94. The van der Waals surface area contributed by atoms with E-state index in [2.05, 4.69) is 22.5 Å². The van der Waals surface area contributed by atoms with E-state index < -0.39 is 17.8 Å². The van der Waals surface area contributed by atoms with Crippen molar-refractivity contribution >= 4 is 29.0 Å². The third-order valence-corrected chi connectivity index (χ3v) is 6.47. The van der Waals surface area contributed by atoms with Crippen LogP contribution in [0.5, 0.6) is 0 Å². The van der Waals surface area contributed by atoms with Gasteiger partial charge in [0.25, 0.3) is 5.91 Å². The van der Waals surface area contributed by atoms with Crippen molar-refractivity contribution in [1.29, 1.82) is 0 Å². The number of amides is 3. The molecule has 0 radical (unpaired) electrons. The highest BCUT2D eigenvalue weighted by Gasteiger charge is 2.30. The average molecular weight is 475 g/mol. The second kappa shape index (κ2) is 9.95. The van der Waals surface area contributed by atoms with Crippen molar-refractivity contribution < 1.29 is 22.8 Å². The van der Waals surface area contributed by atoms with Crippen molar-refractivity contribution in [2.75, 3.05) is 41.7 Å². The summed E-state index contributed by atoms with van der Waals surface area (Å²) in [5.74, 6) is 0.613. The zero-order valence-electron chi connectivity index (χ0n) is 19.1. The zero-order valence-corrected chi connectivity index (χ0v) is 19.1. The summed E-state index contributed by atoms with van der Waals surface area (Å²) in [5, 5.41) is 5.23. The molecule has 9 heteroatoms. The van der Waals surface area contributed by atoms with Crippen LogP contribution in [-0.4, -0.2) is 43.0 Å². The Kier molecular flexibility index (Phi) is 7.00. The van der Waals surface area contributed by atoms with Crippen LogP contribution in [0.3, 0.4) is 0 Å². The van der Waals surface area contributed by atoms with Gasteiger partial charge >= 0.3 is 12.2 Å². The van der Waals surface area contributed by atoms with Gasteiger partial charge in [0.1, 0.15) is 0 Å². The number of rotatable bonds is 4. The predicted molar refractivity (Wildman–Crippen MR) is 126 cm³/mol. The lowest BCUT2D eigenvalue weighted by Crippen LogP contribution is -2.35. The summed E-state index contributed by atoms with van der Waals surface area (Å²) in [6.07, 6.45) is -0.349. The summed E-state index contributed by atoms with van der Waals surface area (Å²) in [6.45, 7) is 5.43. The standard InChI is InChI=1S/C25H29F3N4O2/c1-17-10-14-31(15-11-17)22-9-8-20(16-21(22)23(33)32-12-2-3-13-32)30-24(34)29-19-6-4-18(5-7-19)25(26,27)28/h4-9,16-17H,2-3,10-15H2,1H3,(H2,29,30,34). The molecule has 2 aliphatic rings. The quantitative estimate of drug-likeness (QED) is 0.587. The number of alkyl halides is 3. The van der Waals surface area contributed by atoms with Gasteiger partial charge in [0, 0.05) is 43.2 Å². The molecule has 0 atom stereocenters. The molecule has 2 aromatic rings. The fraction of sp³-hybridized carbons (Fsp3) is 0.440. The van der Waals surface area contributed by atoms with E-state index in [1.807, 2.05) is 11.0 Å². The van der Waals surface area contributed by atoms with Crippen LogP contribution in [0.15, 0.2) is 42.5 Å². The smallest absolute Gasteiger partial charge is 0.371 e. The Labute approximate surface area is 197 Å². The van der Waals surface area contributed by atoms with Crippen LogP contribution < -0.4 is 15.5 Å². The first kappa shape index (κ1) is 23.9. The molecule has 182 valence electrons. The molecule has 0 unspecified atom stereocenters. The first-order valence-electron chi connectivity index (χ1n) is 11.6. The fourth-order valence-corrected chi connectivity index (χ4v) is 4.44. The van der Waals surface area contributed by atoms with Crippen molar-refractivity contribution in [2.45, 2.75) is 38.8 Å². The molecule has 0 spiro atoms. The SMILES string of the molecule is CC1CCN(c2ccc(NC(=O)Nc3ccc(C(F)(F)F)cc3)cc2C(=O)N2CCCC2)CC1. The van der Waals surface area contributed by atoms with E-state index in [4.69, 9.17) is 0 Å². The molecule has 2 N–H and O–H groups in total. The molecule has 0 saturated carbocycles. The van der Waals surface area contributed by atoms with E-state index in [1.54, 1.807) is 12.1 Å². The van der Waals surface area contributed by atoms with E-state index in [1.165, 1.54) is 12.1 Å². The number of hydrogen-bond acceptors (Lipinski definition) is 3. The molecular formula is C25H29F3N4O2. The lowest BCUT2D eigenvalue weighted by atomic mass is 9.97. The van der Waals surface area contributed by atoms with Gasteiger partial charge in [0.05, 0.1) is 11.1 Å². The third kappa shape index (κ3) is 5.63. The number of carbonyl (C=O) groups is 2. The van der Waals surface area contributed by atoms with Gasteiger partial charge in [0.15, 0.2) is 0 Å². The second-order valence-electron chi connectivity index (χ2n) is 9.06. The van der Waals surface area contributed by atoms with E-state index in [0.29, 0.717) is 17.2 Å². The third-order valence-electron chi connectivity index (χ3n) is 6.47. The van der Waals surface area contributed by atoms with Crippen LogP contribution in [0.2, 0.25) is 0 Å². The highest BCUT2D eigenvalue weighted by atomic mass is 19.4. The van der Waals surface area contributed by atoms with Gasteiger partial charge in [-0.1, -0.05) is 6.92 Å². The normalized spacial score (nSPS) is 17.1. The molecule has 2 aliphatic heterocycles. The molecule has 34 heavy (non-hydrogen) atoms. The molecule has 0 bridgehead atoms. The van der Waals surface area contributed by atoms with Crippen LogP contribution in [0.4, 0.5) is 35.0 Å². The maximum Gasteiger partial charge on any atom is 0.416 e. The van der Waals surface area contributed by atoms with Crippen LogP contribution >= 0.6 is 0 Å². The van der Waals surface area contributed by atoms with Crippen LogP contribution in [-0.2, 0) is 6.18 Å². The maximum atomic E-state index is 13.3. The number of piperidine rings is 1. The van der Waals surface area contributed by atoms with E-state index in [0.717, 1.165) is 69.7 Å². The largest absolute Gasteiger partial charge is 0.416 e. The first-order chi connectivity index (χ1) is 16.2. The number of urea groups is 1. The van der Waals surface area contributed by atoms with Crippen LogP contribution in [0, 0.1) is 5.92 Å². The maximum absolute atomic E-state index is 13.3. The number of hydrogen-bond donors (Lipinski definition) is 2. The van der Waals surface area contributed by atoms with Crippen LogP contribution in [0.1, 0.15) is 48.5 Å². The summed E-state index contributed by atoms with van der Waals surface area (Å²) in [7, 11) is 0. The van der Waals surface area contributed by atoms with Crippen molar-refractivity contribution in [3.63, 3.8) is 0 Å². The van der Waals surface area contributed by atoms with E-state index >= 15 is 0 Å². The highest BCUT2D eigenvalue weighted by molar-refractivity contribution is 6.04. The van der Waals surface area contributed by atoms with Crippen molar-refractivity contribution in [3.05, 3.63) is 53.6 Å². The minimum absolute atomic E-state index is 0.0436. The van der Waals surface area contributed by atoms with Gasteiger partial charge in [0.2, 0.25) is 0 Å². The average Bonchev–Trinajstić information content (AvgIpc) is 3.34. The minimum atomic E-state index is -4.44. The Morgan fingerprint density at radius 1 is 0.882 bits per heavy atom. The lowest BCUT2D eigenvalue weighted by molar-refractivity contribution is -0.137. The van der Waals surface area contributed by atoms with Crippen molar-refractivity contribution in [2.24, 2.45) is 5.92 Å². The highest BCUT2D eigenvalue weighted by Crippen LogP contribution is 2.31. The Morgan fingerprint density at radius 3 is 2.09 bits per heavy atom. The Bertz CT molecular complexity index is 1030. The molecule has 2 aromatic carbocycles. The van der Waals surface area contributed by atoms with Gasteiger partial charge in [-0.2, -0.15) is 13.2 Å². The van der Waals surface area contributed by atoms with E-state index in [-0.39, 0.29) is 11.6 Å². The summed E-state index contributed by atoms with van der Waals surface area (Å²) < 4.78 is 38.2. The number of benzene rings is 2. The molecule has 6 nitrogen and oxygen atoms in total. The molecule has 2 saturated heterocycles. The second-order valence-corrected chi connectivity index (χ2v) is 9.06. The number of nitrogens with one attached hydrogen (secondary N) is 2. The monoisotopic (exact) mass is 474 g/mol. The lowest BCUT2D eigenvalue weighted by Gasteiger charge is -2.34. The van der Waals surface area contributed by atoms with Crippen LogP contribution in [0.25, 0.3) is 0 Å². The molecule has 0 aromatic heterocycles. The van der Waals surface area contributed by atoms with Crippen molar-refractivity contribution in [3.8, 4) is 0 Å². The van der Waals surface area contributed by atoms with Crippen molar-refractivity contribution in [1.82, 2.24) is 4.90 Å². The molecule has 3 amide bonds. The number of likely N-dealkylation sites (tertiary alicyclic amines) is 1. The van der Waals surface area contributed by atoms with Gasteiger partial charge in [-0.25, -0.2) is 4.79 Å². The Morgan fingerprint density at radius 2 is 1.47 bits per heavy atom. The number of halogens is 3. The number of nitrogens with zero attached hydrogens (tertiary/aromatic N) is 2. The van der Waals surface area contributed by atoms with E-state index in [9.17, 15) is 22.8 Å². The van der Waals surface area contributed by atoms with Gasteiger partial charge in [-0.3, -0.25) is 4.79 Å². The van der Waals surface area contributed by atoms with Gasteiger partial charge in [-0.15, -0.1) is 0 Å². The Hall–Kier alpha value is -3.23. The summed E-state index contributed by atoms with van der Waals surface area (Å²) in [5.41, 5.74) is 1.33. The number of anilines is 3. The van der Waals surface area contributed by atoms with Gasteiger partial charge in [-0.05, 0) is 74.1 Å². The topological polar surface area (TPSA) is 64.7 Å². The minimum Gasteiger partial charge on any atom is -0.371 e. The molecule has 0 aliphatic carbocycles. The first-order valence-corrected chi connectivity index (χ1v) is 11.6. The fourth-order valence-electron chi connectivity index (χ4n) is 4.44. The molecule has 2 fully saturated rings. The Balaban J connectivity index is 1.50.